The molecule has 2 rings (SSSR count). The SMILES string of the molecule is COC(CN(C)C(=O)C1CCC(Cl)c2c1ccc(Cl)c2Cl)OC. The van der Waals surface area contributed by atoms with Gasteiger partial charge >= 0.3 is 0 Å². The van der Waals surface area contributed by atoms with E-state index >= 15 is 0 Å². The van der Waals surface area contributed by atoms with Gasteiger partial charge in [-0.15, -0.1) is 11.6 Å². The van der Waals surface area contributed by atoms with Crippen LogP contribution in [0.3, 0.4) is 0 Å². The van der Waals surface area contributed by atoms with Crippen LogP contribution in [0.4, 0.5) is 0 Å². The molecule has 1 aliphatic carbocycles. The van der Waals surface area contributed by atoms with E-state index in [9.17, 15) is 4.79 Å². The van der Waals surface area contributed by atoms with Gasteiger partial charge in [-0.05, 0) is 30.0 Å². The number of rotatable bonds is 5. The number of ether oxygens (including phenoxy) is 2. The van der Waals surface area contributed by atoms with Crippen molar-refractivity contribution < 1.29 is 14.3 Å². The van der Waals surface area contributed by atoms with E-state index in [-0.39, 0.29) is 17.2 Å². The normalized spacial score (nSPS) is 20.5. The Hall–Kier alpha value is -0.520. The highest BCUT2D eigenvalue weighted by atomic mass is 35.5. The predicted molar refractivity (Wildman–Crippen MR) is 92.5 cm³/mol. The van der Waals surface area contributed by atoms with Crippen molar-refractivity contribution in [3.05, 3.63) is 33.3 Å². The quantitative estimate of drug-likeness (QED) is 0.567. The van der Waals surface area contributed by atoms with E-state index in [1.54, 1.807) is 32.2 Å². The summed E-state index contributed by atoms with van der Waals surface area (Å²) in [6.45, 7) is 0.350. The second-order valence-corrected chi connectivity index (χ2v) is 6.89. The van der Waals surface area contributed by atoms with E-state index in [0.29, 0.717) is 29.4 Å². The van der Waals surface area contributed by atoms with E-state index in [1.807, 2.05) is 6.07 Å². The number of amides is 1. The molecule has 1 aromatic rings. The molecule has 0 bridgehead atoms. The first kappa shape index (κ1) is 18.8. The Morgan fingerprint density at radius 1 is 1.30 bits per heavy atom. The first-order valence-electron chi connectivity index (χ1n) is 7.33. The zero-order chi connectivity index (χ0) is 17.1. The maximum Gasteiger partial charge on any atom is 0.230 e. The third kappa shape index (κ3) is 3.94. The summed E-state index contributed by atoms with van der Waals surface area (Å²) in [4.78, 5) is 14.4. The number of carbonyl (C=O) groups excluding carboxylic acids is 1. The summed E-state index contributed by atoms with van der Waals surface area (Å²) >= 11 is 18.8. The second-order valence-electron chi connectivity index (χ2n) is 5.58. The van der Waals surface area contributed by atoms with Crippen molar-refractivity contribution in [3.8, 4) is 0 Å². The van der Waals surface area contributed by atoms with Crippen LogP contribution >= 0.6 is 34.8 Å². The van der Waals surface area contributed by atoms with Gasteiger partial charge in [0.2, 0.25) is 5.91 Å². The summed E-state index contributed by atoms with van der Waals surface area (Å²) in [6, 6.07) is 3.56. The summed E-state index contributed by atoms with van der Waals surface area (Å²) in [5, 5.41) is 0.670. The van der Waals surface area contributed by atoms with Crippen LogP contribution in [-0.2, 0) is 14.3 Å². The van der Waals surface area contributed by atoms with Gasteiger partial charge in [0.15, 0.2) is 6.29 Å². The van der Waals surface area contributed by atoms with Crippen LogP contribution in [0.5, 0.6) is 0 Å². The van der Waals surface area contributed by atoms with Crippen LogP contribution in [0.25, 0.3) is 0 Å². The van der Waals surface area contributed by atoms with E-state index < -0.39 is 6.29 Å². The van der Waals surface area contributed by atoms with Crippen molar-refractivity contribution in [2.45, 2.75) is 30.4 Å². The highest BCUT2D eigenvalue weighted by molar-refractivity contribution is 6.43. The first-order valence-corrected chi connectivity index (χ1v) is 8.52. The van der Waals surface area contributed by atoms with Crippen molar-refractivity contribution in [2.24, 2.45) is 0 Å². The molecule has 128 valence electrons. The van der Waals surface area contributed by atoms with Crippen LogP contribution in [0.15, 0.2) is 12.1 Å². The lowest BCUT2D eigenvalue weighted by Crippen LogP contribution is -2.39. The number of halogens is 3. The average molecular weight is 381 g/mol. The summed E-state index contributed by atoms with van der Waals surface area (Å²) < 4.78 is 10.3. The number of hydrogen-bond donors (Lipinski definition) is 0. The Labute approximate surface area is 151 Å². The molecule has 0 saturated carbocycles. The van der Waals surface area contributed by atoms with E-state index in [1.165, 1.54) is 0 Å². The molecule has 7 heteroatoms. The van der Waals surface area contributed by atoms with Gasteiger partial charge in [0, 0.05) is 21.3 Å². The molecule has 0 heterocycles. The summed E-state index contributed by atoms with van der Waals surface area (Å²) in [5.74, 6) is -0.290. The Bertz CT molecular complexity index is 578. The van der Waals surface area contributed by atoms with Crippen molar-refractivity contribution >= 4 is 40.7 Å². The maximum atomic E-state index is 12.8. The zero-order valence-electron chi connectivity index (χ0n) is 13.3. The molecular weight excluding hydrogens is 361 g/mol. The topological polar surface area (TPSA) is 38.8 Å². The first-order chi connectivity index (χ1) is 10.9. The third-order valence-electron chi connectivity index (χ3n) is 4.19. The molecule has 1 aromatic carbocycles. The summed E-state index contributed by atoms with van der Waals surface area (Å²) in [6.07, 6.45) is 0.894. The number of fused-ring (bicyclic) bond motifs is 1. The molecule has 0 fully saturated rings. The number of hydrogen-bond acceptors (Lipinski definition) is 3. The minimum atomic E-state index is -0.457. The lowest BCUT2D eigenvalue weighted by molar-refractivity contribution is -0.144. The lowest BCUT2D eigenvalue weighted by atomic mass is 9.81. The number of methoxy groups -OCH3 is 2. The fourth-order valence-corrected chi connectivity index (χ4v) is 3.78. The van der Waals surface area contributed by atoms with Gasteiger partial charge < -0.3 is 14.4 Å². The number of likely N-dealkylation sites (N-methyl/N-ethyl adjacent to an activating group) is 1. The molecule has 2 atom stereocenters. The Kier molecular flexibility index (Phi) is 6.57. The molecule has 0 aliphatic heterocycles. The third-order valence-corrected chi connectivity index (χ3v) is 5.44. The summed E-state index contributed by atoms with van der Waals surface area (Å²) in [7, 11) is 4.82. The van der Waals surface area contributed by atoms with Gasteiger partial charge in [0.25, 0.3) is 0 Å². The molecule has 23 heavy (non-hydrogen) atoms. The molecule has 2 unspecified atom stereocenters. The van der Waals surface area contributed by atoms with Crippen LogP contribution in [0, 0.1) is 0 Å². The van der Waals surface area contributed by atoms with Crippen molar-refractivity contribution in [1.82, 2.24) is 4.90 Å². The zero-order valence-corrected chi connectivity index (χ0v) is 15.6. The molecule has 1 amide bonds. The number of alkyl halides is 1. The van der Waals surface area contributed by atoms with Crippen LogP contribution < -0.4 is 0 Å². The van der Waals surface area contributed by atoms with Gasteiger partial charge in [-0.3, -0.25) is 4.79 Å². The Balaban J connectivity index is 2.27. The van der Waals surface area contributed by atoms with Crippen LogP contribution in [0.1, 0.15) is 35.3 Å². The average Bonchev–Trinajstić information content (AvgIpc) is 2.55. The molecule has 0 radical (unpaired) electrons. The smallest absolute Gasteiger partial charge is 0.230 e. The molecular formula is C16H20Cl3NO3. The van der Waals surface area contributed by atoms with Gasteiger partial charge in [0.05, 0.1) is 27.9 Å². The van der Waals surface area contributed by atoms with Crippen molar-refractivity contribution in [1.29, 1.82) is 0 Å². The van der Waals surface area contributed by atoms with Crippen molar-refractivity contribution in [3.63, 3.8) is 0 Å². The standard InChI is InChI=1S/C16H20Cl3NO3/c1-20(8-13(22-2)23-3)16(21)10-5-6-11(17)14-9(10)4-7-12(18)15(14)19/h4,7,10-11,13H,5-6,8H2,1-3H3. The van der Waals surface area contributed by atoms with Gasteiger partial charge in [-0.25, -0.2) is 0 Å². The molecule has 0 spiro atoms. The van der Waals surface area contributed by atoms with Crippen molar-refractivity contribution in [2.75, 3.05) is 27.8 Å². The second kappa shape index (κ2) is 8.04. The number of nitrogens with zero attached hydrogens (tertiary/aromatic N) is 1. The predicted octanol–water partition coefficient (Wildman–Crippen LogP) is 4.23. The monoisotopic (exact) mass is 379 g/mol. The molecule has 1 aliphatic rings. The maximum absolute atomic E-state index is 12.8. The highest BCUT2D eigenvalue weighted by Crippen LogP contribution is 2.46. The lowest BCUT2D eigenvalue weighted by Gasteiger charge is -2.32. The van der Waals surface area contributed by atoms with E-state index in [4.69, 9.17) is 44.3 Å². The van der Waals surface area contributed by atoms with Gasteiger partial charge in [-0.2, -0.15) is 0 Å². The Morgan fingerprint density at radius 2 is 1.96 bits per heavy atom. The number of benzene rings is 1. The van der Waals surface area contributed by atoms with Gasteiger partial charge in [0.1, 0.15) is 0 Å². The molecule has 0 N–H and O–H groups in total. The fraction of sp³-hybridized carbons (Fsp3) is 0.562. The van der Waals surface area contributed by atoms with Crippen LogP contribution in [0.2, 0.25) is 10.0 Å². The van der Waals surface area contributed by atoms with Gasteiger partial charge in [-0.1, -0.05) is 29.3 Å². The largest absolute Gasteiger partial charge is 0.354 e. The fourth-order valence-electron chi connectivity index (χ4n) is 2.90. The van der Waals surface area contributed by atoms with Crippen LogP contribution in [-0.4, -0.2) is 44.9 Å². The molecule has 0 aromatic heterocycles. The minimum absolute atomic E-state index is 0.00712. The van der Waals surface area contributed by atoms with E-state index in [0.717, 1.165) is 11.1 Å². The summed E-state index contributed by atoms with van der Waals surface area (Å²) in [5.41, 5.74) is 1.63. The molecule has 4 nitrogen and oxygen atoms in total. The highest BCUT2D eigenvalue weighted by Gasteiger charge is 2.34. The minimum Gasteiger partial charge on any atom is -0.354 e. The van der Waals surface area contributed by atoms with E-state index in [2.05, 4.69) is 0 Å². The molecule has 0 saturated heterocycles. The number of carbonyl (C=O) groups is 1. The Morgan fingerprint density at radius 3 is 2.57 bits per heavy atom.